The summed E-state index contributed by atoms with van der Waals surface area (Å²) in [6.45, 7) is 9.45. The van der Waals surface area contributed by atoms with Crippen molar-refractivity contribution in [3.8, 4) is 0 Å². The molecule has 2 atom stereocenters. The number of cyclic esters (lactones) is 2. The molecule has 0 aliphatic carbocycles. The van der Waals surface area contributed by atoms with Crippen molar-refractivity contribution in [2.24, 2.45) is 33.4 Å². The van der Waals surface area contributed by atoms with Gasteiger partial charge in [0.05, 0.1) is 19.8 Å². The van der Waals surface area contributed by atoms with Gasteiger partial charge in [-0.25, -0.2) is 14.4 Å². The van der Waals surface area contributed by atoms with E-state index >= 15 is 0 Å². The highest BCUT2D eigenvalue weighted by atomic mass is 79.9. The third kappa shape index (κ3) is 33.6. The summed E-state index contributed by atoms with van der Waals surface area (Å²) >= 11 is 11.4. The van der Waals surface area contributed by atoms with Crippen LogP contribution in [0, 0.1) is 42.4 Å². The molecule has 0 spiro atoms. The van der Waals surface area contributed by atoms with Crippen LogP contribution in [0.5, 0.6) is 0 Å². The number of aliphatic hydroxyl groups is 3. The smallest absolute Gasteiger partial charge is 0.508 e. The number of hydrogen-bond acceptors (Lipinski definition) is 21. The maximum atomic E-state index is 12.1. The van der Waals surface area contributed by atoms with Crippen molar-refractivity contribution >= 4 is 102 Å². The summed E-state index contributed by atoms with van der Waals surface area (Å²) in [7, 11) is 0. The average Bonchev–Trinajstić information content (AvgIpc) is 3.40. The maximum Gasteiger partial charge on any atom is 0.508 e. The van der Waals surface area contributed by atoms with E-state index in [1.54, 1.807) is 6.92 Å². The molecular weight excluding hydrogens is 1250 g/mol. The molecule has 3 aromatic rings. The van der Waals surface area contributed by atoms with Crippen molar-refractivity contribution in [3.05, 3.63) is 106 Å². The van der Waals surface area contributed by atoms with E-state index in [9.17, 15) is 39.0 Å². The van der Waals surface area contributed by atoms with Gasteiger partial charge in [-0.3, -0.25) is 19.8 Å². The first-order valence-electron chi connectivity index (χ1n) is 22.9. The lowest BCUT2D eigenvalue weighted by molar-refractivity contribution is -0.165. The van der Waals surface area contributed by atoms with Crippen molar-refractivity contribution in [2.45, 2.75) is 61.4 Å². The Balaban J connectivity index is 0. The first kappa shape index (κ1) is 73.8. The van der Waals surface area contributed by atoms with E-state index in [-0.39, 0.29) is 86.7 Å². The van der Waals surface area contributed by atoms with Gasteiger partial charge in [-0.15, -0.1) is 0 Å². The van der Waals surface area contributed by atoms with E-state index < -0.39 is 65.8 Å². The fraction of sp³-hybridized carbons (Fsp3) is 0.480. The van der Waals surface area contributed by atoms with E-state index in [0.29, 0.717) is 23.0 Å². The van der Waals surface area contributed by atoms with Crippen LogP contribution >= 0.6 is 55.8 Å². The Morgan fingerprint density at radius 3 is 1.34 bits per heavy atom. The molecule has 1 heterocycles. The lowest BCUT2D eigenvalue weighted by atomic mass is 9.93. The third-order valence-electron chi connectivity index (χ3n) is 9.66. The molecule has 4 rings (SSSR count). The minimum Gasteiger partial charge on any atom is -1.00 e. The van der Waals surface area contributed by atoms with Crippen LogP contribution in [0.4, 0.5) is 14.4 Å². The highest BCUT2D eigenvalue weighted by molar-refractivity contribution is 9.09. The number of halogens is 3. The van der Waals surface area contributed by atoms with E-state index in [1.807, 2.05) is 93.6 Å². The number of carbonyl (C=O) groups excluding carboxylic acids is 6. The standard InChI is InChI=1S/C17H24N2O6S.C16H21BrO6.C8H11BrO5.C8H10O.CH4N2S.BrH/c1-12-3-5-13(6-4-12)9-24-16(22)25-11-17(2,10-20)14(21)23-7-8-26-15(18)19;1-12-3-5-13(6-4-12)9-22-15(20)23-11-16(2,10-18)14(19)21-8-7-17;1-8(6(10)12-3-2-9)4-13-7(11)14-5-8;1-7-2-4-8(6-9)5-3-7;2-1(3)4;/h3-6,20H,7-11H2,1-2H3,(H3,18,19);3-6,18H,7-11H2,1-2H3;2-5H2,1H3;2-5,9H,6H2,1H3;(H4,2,3,4);1H/p-1. The highest BCUT2D eigenvalue weighted by Crippen LogP contribution is 2.24. The van der Waals surface area contributed by atoms with Crippen molar-refractivity contribution in [3.63, 3.8) is 0 Å². The first-order valence-corrected chi connectivity index (χ1v) is 26.5. The molecule has 1 fully saturated rings. The lowest BCUT2D eigenvalue weighted by Gasteiger charge is -2.29. The zero-order valence-corrected chi connectivity index (χ0v) is 50.1. The van der Waals surface area contributed by atoms with Gasteiger partial charge in [0.25, 0.3) is 0 Å². The molecule has 0 amide bonds. The topological polar surface area (TPSA) is 348 Å². The Labute approximate surface area is 485 Å². The van der Waals surface area contributed by atoms with Crippen LogP contribution in [0.15, 0.2) is 72.8 Å². The number of ether oxygens (including phenoxy) is 9. The van der Waals surface area contributed by atoms with E-state index in [1.165, 1.54) is 19.4 Å². The number of thiocarbonyl (C=S) groups is 1. The fourth-order valence-corrected chi connectivity index (χ4v) is 5.62. The van der Waals surface area contributed by atoms with Gasteiger partial charge in [0.15, 0.2) is 10.3 Å². The molecule has 3 aromatic carbocycles. The van der Waals surface area contributed by atoms with Gasteiger partial charge in [0, 0.05) is 16.4 Å². The highest BCUT2D eigenvalue weighted by Gasteiger charge is 2.42. The number of alkyl halides is 2. The summed E-state index contributed by atoms with van der Waals surface area (Å²) in [5.41, 5.74) is 16.9. The van der Waals surface area contributed by atoms with Crippen molar-refractivity contribution in [1.82, 2.24) is 0 Å². The molecule has 0 radical (unpaired) electrons. The number of nitrogens with two attached hydrogens (primary N) is 3. The first-order chi connectivity index (χ1) is 35.8. The quantitative estimate of drug-likeness (QED) is 0.0153. The summed E-state index contributed by atoms with van der Waals surface area (Å²) in [6, 6.07) is 22.8. The Hall–Kier alpha value is -5.29. The number of esters is 3. The molecule has 27 heteroatoms. The zero-order valence-electron chi connectivity index (χ0n) is 43.7. The Bertz CT molecular complexity index is 2240. The molecule has 432 valence electrons. The number of hydrogen-bond donors (Lipinski definition) is 7. The van der Waals surface area contributed by atoms with Crippen LogP contribution in [0.25, 0.3) is 0 Å². The van der Waals surface area contributed by atoms with Crippen LogP contribution in [0.3, 0.4) is 0 Å². The molecule has 1 saturated heterocycles. The number of aliphatic hydroxyl groups excluding tert-OH is 3. The zero-order chi connectivity index (χ0) is 57.7. The molecule has 10 N–H and O–H groups in total. The second-order valence-corrected chi connectivity index (χ2v) is 20.2. The van der Waals surface area contributed by atoms with Gasteiger partial charge in [-0.2, -0.15) is 0 Å². The number of thioether (sulfide) groups is 1. The Morgan fingerprint density at radius 2 is 1.00 bits per heavy atom. The third-order valence-corrected chi connectivity index (χ3v) is 11.0. The number of carbonyl (C=O) groups is 6. The van der Waals surface area contributed by atoms with Crippen LogP contribution in [-0.4, -0.2) is 138 Å². The van der Waals surface area contributed by atoms with Crippen molar-refractivity contribution in [1.29, 1.82) is 5.41 Å². The fourth-order valence-electron chi connectivity index (χ4n) is 4.91. The monoisotopic (exact) mass is 1320 g/mol. The lowest BCUT2D eigenvalue weighted by Crippen LogP contribution is -3.00. The number of benzene rings is 3. The van der Waals surface area contributed by atoms with Gasteiger partial charge < -0.3 is 92.1 Å². The predicted octanol–water partition coefficient (Wildman–Crippen LogP) is 3.18. The Morgan fingerprint density at radius 1 is 0.649 bits per heavy atom. The van der Waals surface area contributed by atoms with Gasteiger partial charge >= 0.3 is 36.4 Å². The molecule has 2 unspecified atom stereocenters. The molecule has 1 aliphatic rings. The summed E-state index contributed by atoms with van der Waals surface area (Å²) in [5.74, 6) is -1.44. The van der Waals surface area contributed by atoms with Crippen molar-refractivity contribution < 1.29 is 104 Å². The van der Waals surface area contributed by atoms with Crippen LogP contribution < -0.4 is 34.2 Å². The van der Waals surface area contributed by atoms with Crippen LogP contribution in [0.2, 0.25) is 0 Å². The number of rotatable bonds is 21. The van der Waals surface area contributed by atoms with Gasteiger partial charge in [0.2, 0.25) is 0 Å². The SMILES string of the molecule is CC1(C(=O)OCCBr)COC(=O)OC1.Cc1ccc(CO)cc1.Cc1ccc(COC(=O)OCC(C)(CO)C(=O)OCCBr)cc1.Cc1ccc(COC(=O)OCC(C)(CO)C(=O)OCCSC(=N)N)cc1.NC(N)=S.[Br-]. The van der Waals surface area contributed by atoms with Crippen LogP contribution in [-0.2, 0) is 76.8 Å². The van der Waals surface area contributed by atoms with E-state index in [0.717, 1.165) is 39.6 Å². The summed E-state index contributed by atoms with van der Waals surface area (Å²) in [5, 5.41) is 35.5. The number of nitrogens with one attached hydrogen (secondary N) is 1. The van der Waals surface area contributed by atoms with Crippen molar-refractivity contribution in [2.75, 3.05) is 75.9 Å². The van der Waals surface area contributed by atoms with Crippen LogP contribution in [0.1, 0.15) is 54.2 Å². The molecule has 0 bridgehead atoms. The minimum atomic E-state index is -1.40. The van der Waals surface area contributed by atoms with Gasteiger partial charge in [-0.1, -0.05) is 133 Å². The van der Waals surface area contributed by atoms with Gasteiger partial charge in [-0.05, 0) is 70.5 Å². The predicted molar refractivity (Wildman–Crippen MR) is 293 cm³/mol. The molecular formula is C50H70Br3N4O18S2-. The van der Waals surface area contributed by atoms with E-state index in [2.05, 4.69) is 65.0 Å². The maximum absolute atomic E-state index is 12.1. The second-order valence-electron chi connectivity index (χ2n) is 17.0. The summed E-state index contributed by atoms with van der Waals surface area (Å²) < 4.78 is 43.9. The molecule has 0 aromatic heterocycles. The normalized spacial score (nSPS) is 13.2. The Kier molecular flexibility index (Phi) is 39.1. The minimum absolute atomic E-state index is 0. The summed E-state index contributed by atoms with van der Waals surface area (Å²) in [6.07, 6.45) is -2.58. The largest absolute Gasteiger partial charge is 1.00 e. The number of amidine groups is 1. The van der Waals surface area contributed by atoms with Gasteiger partial charge in [0.1, 0.15) is 75.7 Å². The number of aryl methyl sites for hydroxylation is 3. The molecule has 1 aliphatic heterocycles. The molecule has 22 nitrogen and oxygen atoms in total. The molecule has 77 heavy (non-hydrogen) atoms. The second kappa shape index (κ2) is 40.9. The average molecular weight is 1320 g/mol. The van der Waals surface area contributed by atoms with E-state index in [4.69, 9.17) is 49.4 Å². The summed E-state index contributed by atoms with van der Waals surface area (Å²) in [4.78, 5) is 69.2. The molecule has 0 saturated carbocycles.